The Labute approximate surface area is 488 Å². The molecule has 0 aromatic heterocycles. The molecular weight excluding hydrogens is 973 g/mol. The van der Waals surface area contributed by atoms with Crippen molar-refractivity contribution < 1.29 is 28.6 Å². The molecule has 0 amide bonds. The third kappa shape index (κ3) is 64.5. The first-order valence-corrected chi connectivity index (χ1v) is 33.0. The minimum absolute atomic E-state index is 0.0861. The highest BCUT2D eigenvalue weighted by Crippen LogP contribution is 2.16. The average Bonchev–Trinajstić information content (AvgIpc) is 3.45. The van der Waals surface area contributed by atoms with Crippen molar-refractivity contribution in [3.8, 4) is 0 Å². The average molecular weight is 1100 g/mol. The summed E-state index contributed by atoms with van der Waals surface area (Å²) in [6.45, 7) is 6.42. The molecule has 6 nitrogen and oxygen atoms in total. The normalized spacial score (nSPS) is 12.9. The highest BCUT2D eigenvalue weighted by atomic mass is 16.6. The number of ether oxygens (including phenoxy) is 3. The fraction of sp³-hybridized carbons (Fsp3) is 0.685. The molecule has 0 aromatic rings. The molecule has 450 valence electrons. The van der Waals surface area contributed by atoms with Crippen LogP contribution in [0.25, 0.3) is 0 Å². The van der Waals surface area contributed by atoms with Gasteiger partial charge in [0, 0.05) is 19.3 Å². The number of carbonyl (C=O) groups is 3. The van der Waals surface area contributed by atoms with Crippen LogP contribution in [0.5, 0.6) is 0 Å². The third-order valence-corrected chi connectivity index (χ3v) is 14.0. The third-order valence-electron chi connectivity index (χ3n) is 14.0. The van der Waals surface area contributed by atoms with Crippen molar-refractivity contribution in [1.29, 1.82) is 0 Å². The number of carbonyl (C=O) groups excluding carboxylic acids is 3. The summed E-state index contributed by atoms with van der Waals surface area (Å²) in [4.78, 5) is 38.4. The smallest absolute Gasteiger partial charge is 0.306 e. The standard InChI is InChI=1S/C73H122O6/c1-4-7-10-13-16-19-22-25-28-30-32-33-34-35-36-37-38-39-41-42-45-48-51-54-57-60-63-66-72(75)78-69-70(68-77-71(74)65-62-59-56-53-50-47-44-27-24-21-18-15-12-9-6-3)79-73(76)67-64-61-58-55-52-49-46-43-40-31-29-26-23-20-17-14-11-8-5-2/h7-8,10-11,16-17,19-20,25-26,28-29,32-33,35-36,38-40,43,70H,4-6,9,12-15,18,21-24,27,30-31,34,37,41-42,44-69H2,1-3H3/b10-7-,11-8-,19-16-,20-17-,28-25-,29-26-,33-32-,36-35-,39-38-,43-40-. The lowest BCUT2D eigenvalue weighted by molar-refractivity contribution is -0.167. The van der Waals surface area contributed by atoms with Crippen molar-refractivity contribution in [1.82, 2.24) is 0 Å². The summed E-state index contributed by atoms with van der Waals surface area (Å²) in [6.07, 6.45) is 92.0. The summed E-state index contributed by atoms with van der Waals surface area (Å²) in [5, 5.41) is 0. The molecule has 1 unspecified atom stereocenters. The zero-order chi connectivity index (χ0) is 57.1. The van der Waals surface area contributed by atoms with Gasteiger partial charge < -0.3 is 14.2 Å². The maximum absolute atomic E-state index is 12.9. The molecule has 1 atom stereocenters. The van der Waals surface area contributed by atoms with Gasteiger partial charge in [0.2, 0.25) is 0 Å². The van der Waals surface area contributed by atoms with Crippen LogP contribution in [0, 0.1) is 0 Å². The first-order valence-electron chi connectivity index (χ1n) is 33.0. The number of unbranched alkanes of at least 4 members (excludes halogenated alkanes) is 28. The van der Waals surface area contributed by atoms with Crippen molar-refractivity contribution in [3.63, 3.8) is 0 Å². The number of hydrogen-bond acceptors (Lipinski definition) is 6. The van der Waals surface area contributed by atoms with Gasteiger partial charge in [-0.3, -0.25) is 14.4 Å². The van der Waals surface area contributed by atoms with Crippen LogP contribution in [-0.2, 0) is 28.6 Å². The maximum Gasteiger partial charge on any atom is 0.306 e. The molecule has 0 radical (unpaired) electrons. The summed E-state index contributed by atoms with van der Waals surface area (Å²) in [7, 11) is 0. The summed E-state index contributed by atoms with van der Waals surface area (Å²) in [5.74, 6) is -0.900. The van der Waals surface area contributed by atoms with Crippen LogP contribution < -0.4 is 0 Å². The van der Waals surface area contributed by atoms with E-state index in [0.29, 0.717) is 19.3 Å². The van der Waals surface area contributed by atoms with E-state index in [0.717, 1.165) is 141 Å². The first kappa shape index (κ1) is 74.8. The fourth-order valence-corrected chi connectivity index (χ4v) is 9.09. The topological polar surface area (TPSA) is 78.9 Å². The molecule has 0 saturated heterocycles. The summed E-state index contributed by atoms with van der Waals surface area (Å²) < 4.78 is 16.9. The lowest BCUT2D eigenvalue weighted by Gasteiger charge is -2.18. The molecule has 0 bridgehead atoms. The van der Waals surface area contributed by atoms with Crippen LogP contribution in [0.2, 0.25) is 0 Å². The largest absolute Gasteiger partial charge is 0.462 e. The lowest BCUT2D eigenvalue weighted by atomic mass is 10.0. The maximum atomic E-state index is 12.9. The van der Waals surface area contributed by atoms with E-state index < -0.39 is 6.10 Å². The van der Waals surface area contributed by atoms with Gasteiger partial charge >= 0.3 is 17.9 Å². The molecule has 0 heterocycles. The SMILES string of the molecule is CC/C=C\C/C=C\C/C=C\C/C=C\C/C=C\C/C=C\CCCCCCCCCCC(=O)OCC(COC(=O)CCCCCCCCCCCCCCCCC)OC(=O)CCCCCCCC/C=C\C/C=C\C/C=C\C/C=C\CC. The van der Waals surface area contributed by atoms with Gasteiger partial charge in [-0.05, 0) is 109 Å². The molecule has 0 aromatic carbocycles. The molecule has 0 aliphatic heterocycles. The molecule has 0 aliphatic rings. The Bertz CT molecular complexity index is 1640. The van der Waals surface area contributed by atoms with E-state index in [1.807, 2.05) is 0 Å². The van der Waals surface area contributed by atoms with Crippen LogP contribution in [0.4, 0.5) is 0 Å². The number of allylic oxidation sites excluding steroid dienone is 20. The second kappa shape index (κ2) is 66.3. The summed E-state index contributed by atoms with van der Waals surface area (Å²) in [6, 6.07) is 0. The monoisotopic (exact) mass is 1090 g/mol. The van der Waals surface area contributed by atoms with Crippen molar-refractivity contribution >= 4 is 17.9 Å². The molecule has 0 rings (SSSR count). The van der Waals surface area contributed by atoms with Gasteiger partial charge in [0.25, 0.3) is 0 Å². The van der Waals surface area contributed by atoms with Gasteiger partial charge in [0.15, 0.2) is 6.10 Å². The second-order valence-electron chi connectivity index (χ2n) is 21.6. The van der Waals surface area contributed by atoms with Crippen LogP contribution in [-0.4, -0.2) is 37.2 Å². The van der Waals surface area contributed by atoms with E-state index in [-0.39, 0.29) is 31.1 Å². The predicted octanol–water partition coefficient (Wildman–Crippen LogP) is 22.8. The molecule has 79 heavy (non-hydrogen) atoms. The second-order valence-corrected chi connectivity index (χ2v) is 21.6. The van der Waals surface area contributed by atoms with Crippen molar-refractivity contribution in [2.45, 2.75) is 309 Å². The van der Waals surface area contributed by atoms with Gasteiger partial charge in [-0.15, -0.1) is 0 Å². The predicted molar refractivity (Wildman–Crippen MR) is 343 cm³/mol. The molecule has 0 N–H and O–H groups in total. The number of hydrogen-bond donors (Lipinski definition) is 0. The van der Waals surface area contributed by atoms with E-state index in [1.165, 1.54) is 122 Å². The van der Waals surface area contributed by atoms with Crippen LogP contribution >= 0.6 is 0 Å². The zero-order valence-electron chi connectivity index (χ0n) is 51.6. The van der Waals surface area contributed by atoms with Crippen molar-refractivity contribution in [3.05, 3.63) is 122 Å². The van der Waals surface area contributed by atoms with E-state index >= 15 is 0 Å². The Hall–Kier alpha value is -4.19. The molecule has 0 fully saturated rings. The highest BCUT2D eigenvalue weighted by Gasteiger charge is 2.19. The van der Waals surface area contributed by atoms with Crippen molar-refractivity contribution in [2.24, 2.45) is 0 Å². The van der Waals surface area contributed by atoms with Gasteiger partial charge in [-0.2, -0.15) is 0 Å². The minimum Gasteiger partial charge on any atom is -0.462 e. The Kier molecular flexibility index (Phi) is 62.8. The van der Waals surface area contributed by atoms with E-state index in [1.54, 1.807) is 0 Å². The molecule has 0 saturated carbocycles. The van der Waals surface area contributed by atoms with Gasteiger partial charge in [0.05, 0.1) is 0 Å². The molecular formula is C73H122O6. The highest BCUT2D eigenvalue weighted by molar-refractivity contribution is 5.71. The fourth-order valence-electron chi connectivity index (χ4n) is 9.09. The van der Waals surface area contributed by atoms with E-state index in [4.69, 9.17) is 14.2 Å². The van der Waals surface area contributed by atoms with E-state index in [9.17, 15) is 14.4 Å². The summed E-state index contributed by atoms with van der Waals surface area (Å²) >= 11 is 0. The molecule has 6 heteroatoms. The van der Waals surface area contributed by atoms with Crippen LogP contribution in [0.1, 0.15) is 303 Å². The number of esters is 3. The van der Waals surface area contributed by atoms with Crippen LogP contribution in [0.3, 0.4) is 0 Å². The number of rotatable bonds is 59. The van der Waals surface area contributed by atoms with Crippen molar-refractivity contribution in [2.75, 3.05) is 13.2 Å². The Balaban J connectivity index is 4.38. The van der Waals surface area contributed by atoms with Crippen LogP contribution in [0.15, 0.2) is 122 Å². The zero-order valence-corrected chi connectivity index (χ0v) is 51.6. The minimum atomic E-state index is -0.792. The Morgan fingerprint density at radius 3 is 0.772 bits per heavy atom. The van der Waals surface area contributed by atoms with E-state index in [2.05, 4.69) is 142 Å². The van der Waals surface area contributed by atoms with Gasteiger partial charge in [0.1, 0.15) is 13.2 Å². The summed E-state index contributed by atoms with van der Waals surface area (Å²) in [5.41, 5.74) is 0. The molecule has 0 spiro atoms. The van der Waals surface area contributed by atoms with Gasteiger partial charge in [-0.1, -0.05) is 296 Å². The molecule has 0 aliphatic carbocycles. The Morgan fingerprint density at radius 2 is 0.494 bits per heavy atom. The lowest BCUT2D eigenvalue weighted by Crippen LogP contribution is -2.30. The quantitative estimate of drug-likeness (QED) is 0.0261. The van der Waals surface area contributed by atoms with Gasteiger partial charge in [-0.25, -0.2) is 0 Å². The Morgan fingerprint density at radius 1 is 0.266 bits per heavy atom. The first-order chi connectivity index (χ1) is 39.0.